The van der Waals surface area contributed by atoms with E-state index in [4.69, 9.17) is 11.6 Å². The molecule has 0 amide bonds. The van der Waals surface area contributed by atoms with E-state index in [0.29, 0.717) is 5.15 Å². The molecule has 1 aliphatic rings. The highest BCUT2D eigenvalue weighted by Crippen LogP contribution is 2.26. The molecule has 1 fully saturated rings. The van der Waals surface area contributed by atoms with Gasteiger partial charge in [-0.25, -0.2) is 9.97 Å². The number of rotatable bonds is 3. The largest absolute Gasteiger partial charge is 0.296 e. The first-order chi connectivity index (χ1) is 9.76. The topological polar surface area (TPSA) is 29.0 Å². The molecular weight excluding hydrogens is 290 g/mol. The van der Waals surface area contributed by atoms with Crippen LogP contribution in [-0.2, 0) is 6.54 Å². The number of fused-ring (bicyclic) bond motifs is 1. The fourth-order valence-corrected chi connectivity index (χ4v) is 4.01. The zero-order valence-electron chi connectivity index (χ0n) is 11.8. The number of nitrogens with zero attached hydrogens (tertiary/aromatic N) is 3. The maximum atomic E-state index is 6.24. The summed E-state index contributed by atoms with van der Waals surface area (Å²) < 4.78 is 0. The van der Waals surface area contributed by atoms with Gasteiger partial charge in [0.15, 0.2) is 0 Å². The van der Waals surface area contributed by atoms with Crippen LogP contribution in [0.3, 0.4) is 0 Å². The van der Waals surface area contributed by atoms with Gasteiger partial charge < -0.3 is 0 Å². The molecule has 3 nitrogen and oxygen atoms in total. The van der Waals surface area contributed by atoms with Crippen molar-refractivity contribution in [2.45, 2.75) is 39.2 Å². The normalized spacial score (nSPS) is 21.2. The molecule has 3 rings (SSSR count). The SMILES string of the molecule is CCC1CCCN(Cc2nc(Cl)c3ccsc3n2)CC1. The minimum Gasteiger partial charge on any atom is -0.296 e. The molecule has 5 heteroatoms. The van der Waals surface area contributed by atoms with Crippen molar-refractivity contribution in [1.82, 2.24) is 14.9 Å². The van der Waals surface area contributed by atoms with Crippen LogP contribution in [0.25, 0.3) is 10.2 Å². The number of thiophene rings is 1. The Bertz CT molecular complexity index is 584. The van der Waals surface area contributed by atoms with E-state index in [9.17, 15) is 0 Å². The molecule has 1 atom stereocenters. The summed E-state index contributed by atoms with van der Waals surface area (Å²) in [6.45, 7) is 5.43. The zero-order chi connectivity index (χ0) is 13.9. The van der Waals surface area contributed by atoms with E-state index in [1.807, 2.05) is 11.4 Å². The fourth-order valence-electron chi connectivity index (χ4n) is 2.92. The Morgan fingerprint density at radius 3 is 3.10 bits per heavy atom. The molecule has 20 heavy (non-hydrogen) atoms. The van der Waals surface area contributed by atoms with Crippen molar-refractivity contribution in [3.63, 3.8) is 0 Å². The summed E-state index contributed by atoms with van der Waals surface area (Å²) in [5.74, 6) is 1.75. The van der Waals surface area contributed by atoms with Gasteiger partial charge in [-0.1, -0.05) is 24.9 Å². The van der Waals surface area contributed by atoms with Crippen LogP contribution >= 0.6 is 22.9 Å². The smallest absolute Gasteiger partial charge is 0.145 e. The molecule has 0 aliphatic carbocycles. The summed E-state index contributed by atoms with van der Waals surface area (Å²) in [6, 6.07) is 1.99. The minimum atomic E-state index is 0.590. The molecule has 0 N–H and O–H groups in total. The maximum Gasteiger partial charge on any atom is 0.145 e. The molecule has 1 unspecified atom stereocenters. The molecule has 1 aliphatic heterocycles. The van der Waals surface area contributed by atoms with Gasteiger partial charge in [-0.15, -0.1) is 11.3 Å². The van der Waals surface area contributed by atoms with Crippen molar-refractivity contribution in [2.75, 3.05) is 13.1 Å². The first-order valence-corrected chi connectivity index (χ1v) is 8.64. The van der Waals surface area contributed by atoms with Crippen LogP contribution in [0.15, 0.2) is 11.4 Å². The van der Waals surface area contributed by atoms with Gasteiger partial charge in [-0.3, -0.25) is 4.90 Å². The molecular formula is C15H20ClN3S. The fraction of sp³-hybridized carbons (Fsp3) is 0.600. The van der Waals surface area contributed by atoms with Gasteiger partial charge in [0, 0.05) is 5.39 Å². The third-order valence-electron chi connectivity index (χ3n) is 4.21. The Kier molecular flexibility index (Phi) is 4.54. The van der Waals surface area contributed by atoms with Crippen LogP contribution in [-0.4, -0.2) is 28.0 Å². The summed E-state index contributed by atoms with van der Waals surface area (Å²) in [7, 11) is 0. The zero-order valence-corrected chi connectivity index (χ0v) is 13.4. The van der Waals surface area contributed by atoms with E-state index in [1.54, 1.807) is 11.3 Å². The van der Waals surface area contributed by atoms with Crippen molar-refractivity contribution in [1.29, 1.82) is 0 Å². The minimum absolute atomic E-state index is 0.590. The van der Waals surface area contributed by atoms with Gasteiger partial charge >= 0.3 is 0 Å². The van der Waals surface area contributed by atoms with Crippen LogP contribution in [0.4, 0.5) is 0 Å². The second kappa shape index (κ2) is 6.37. The third kappa shape index (κ3) is 3.13. The molecule has 1 saturated heterocycles. The summed E-state index contributed by atoms with van der Waals surface area (Å²) in [5, 5.41) is 3.59. The molecule has 108 valence electrons. The van der Waals surface area contributed by atoms with Gasteiger partial charge in [0.25, 0.3) is 0 Å². The van der Waals surface area contributed by atoms with Crippen molar-refractivity contribution < 1.29 is 0 Å². The van der Waals surface area contributed by atoms with E-state index in [0.717, 1.165) is 41.6 Å². The van der Waals surface area contributed by atoms with E-state index >= 15 is 0 Å². The third-order valence-corrected chi connectivity index (χ3v) is 5.30. The monoisotopic (exact) mass is 309 g/mol. The second-order valence-corrected chi connectivity index (χ2v) is 6.80. The lowest BCUT2D eigenvalue weighted by molar-refractivity contribution is 0.266. The summed E-state index contributed by atoms with van der Waals surface area (Å²) in [5.41, 5.74) is 0. The number of aromatic nitrogens is 2. The molecule has 0 radical (unpaired) electrons. The van der Waals surface area contributed by atoms with Gasteiger partial charge in [-0.05, 0) is 49.7 Å². The average molecular weight is 310 g/mol. The number of hydrogen-bond donors (Lipinski definition) is 0. The second-order valence-electron chi connectivity index (χ2n) is 5.55. The van der Waals surface area contributed by atoms with Crippen molar-refractivity contribution in [3.8, 4) is 0 Å². The van der Waals surface area contributed by atoms with E-state index < -0.39 is 0 Å². The summed E-state index contributed by atoms with van der Waals surface area (Å²) in [4.78, 5) is 12.6. The van der Waals surface area contributed by atoms with Crippen molar-refractivity contribution in [2.24, 2.45) is 5.92 Å². The van der Waals surface area contributed by atoms with Gasteiger partial charge in [0.2, 0.25) is 0 Å². The Morgan fingerprint density at radius 1 is 1.35 bits per heavy atom. The highest BCUT2D eigenvalue weighted by molar-refractivity contribution is 7.16. The van der Waals surface area contributed by atoms with Crippen LogP contribution < -0.4 is 0 Å². The quantitative estimate of drug-likeness (QED) is 0.789. The molecule has 0 bridgehead atoms. The number of hydrogen-bond acceptors (Lipinski definition) is 4. The average Bonchev–Trinajstić information content (AvgIpc) is 2.79. The lowest BCUT2D eigenvalue weighted by Crippen LogP contribution is -2.25. The number of halogens is 1. The summed E-state index contributed by atoms with van der Waals surface area (Å²) in [6.07, 6.45) is 5.24. The Hall–Kier alpha value is -0.710. The predicted molar refractivity (Wildman–Crippen MR) is 85.3 cm³/mol. The van der Waals surface area contributed by atoms with Gasteiger partial charge in [0.05, 0.1) is 6.54 Å². The summed E-state index contributed by atoms with van der Waals surface area (Å²) >= 11 is 7.87. The first-order valence-electron chi connectivity index (χ1n) is 7.38. The molecule has 2 aromatic heterocycles. The van der Waals surface area contributed by atoms with Crippen LogP contribution in [0, 0.1) is 5.92 Å². The molecule has 0 saturated carbocycles. The molecule has 2 aromatic rings. The van der Waals surface area contributed by atoms with E-state index in [1.165, 1.54) is 25.7 Å². The van der Waals surface area contributed by atoms with Crippen LogP contribution in [0.5, 0.6) is 0 Å². The van der Waals surface area contributed by atoms with Gasteiger partial charge in [0.1, 0.15) is 15.8 Å². The molecule has 0 spiro atoms. The lowest BCUT2D eigenvalue weighted by atomic mass is 9.98. The Labute approximate surface area is 129 Å². The van der Waals surface area contributed by atoms with Crippen molar-refractivity contribution >= 4 is 33.2 Å². The molecule has 0 aromatic carbocycles. The Morgan fingerprint density at radius 2 is 2.25 bits per heavy atom. The first kappa shape index (κ1) is 14.2. The highest BCUT2D eigenvalue weighted by Gasteiger charge is 2.17. The van der Waals surface area contributed by atoms with Gasteiger partial charge in [-0.2, -0.15) is 0 Å². The maximum absolute atomic E-state index is 6.24. The van der Waals surface area contributed by atoms with Crippen molar-refractivity contribution in [3.05, 3.63) is 22.4 Å². The predicted octanol–water partition coefficient (Wildman–Crippen LogP) is 4.36. The number of likely N-dealkylation sites (tertiary alicyclic amines) is 1. The van der Waals surface area contributed by atoms with E-state index in [2.05, 4.69) is 21.8 Å². The lowest BCUT2D eigenvalue weighted by Gasteiger charge is -2.19. The standard InChI is InChI=1S/C15H20ClN3S/c1-2-11-4-3-7-19(8-5-11)10-13-17-14(16)12-6-9-20-15(12)18-13/h6,9,11H,2-5,7-8,10H2,1H3. The van der Waals surface area contributed by atoms with Crippen LogP contribution in [0.1, 0.15) is 38.4 Å². The van der Waals surface area contributed by atoms with Crippen LogP contribution in [0.2, 0.25) is 5.15 Å². The highest BCUT2D eigenvalue weighted by atomic mass is 35.5. The van der Waals surface area contributed by atoms with E-state index in [-0.39, 0.29) is 0 Å². The molecule has 3 heterocycles. The Balaban J connectivity index is 1.72.